The number of aromatic hydroxyl groups is 1. The lowest BCUT2D eigenvalue weighted by molar-refractivity contribution is 0.102. The molecule has 2 N–H and O–H groups in total. The molecule has 2 aromatic rings. The molecule has 2 rings (SSSR count). The average Bonchev–Trinajstić information content (AvgIpc) is 2.33. The number of pyridine rings is 2. The highest BCUT2D eigenvalue weighted by Gasteiger charge is 2.12. The maximum atomic E-state index is 11.9. The van der Waals surface area contributed by atoms with Gasteiger partial charge in [0.05, 0.1) is 23.1 Å². The van der Waals surface area contributed by atoms with Crippen LogP contribution in [0, 0.1) is 13.8 Å². The zero-order valence-corrected chi connectivity index (χ0v) is 10.1. The number of amides is 1. The Balaban J connectivity index is 2.24. The molecular formula is C13H13N3O2. The number of carbonyl (C=O) groups is 1. The molecule has 0 atom stereocenters. The summed E-state index contributed by atoms with van der Waals surface area (Å²) in [5.41, 5.74) is 2.43. The monoisotopic (exact) mass is 243 g/mol. The molecule has 18 heavy (non-hydrogen) atoms. The fourth-order valence-corrected chi connectivity index (χ4v) is 1.59. The molecule has 2 heterocycles. The maximum Gasteiger partial charge on any atom is 0.259 e. The Bertz CT molecular complexity index is 597. The quantitative estimate of drug-likeness (QED) is 0.846. The molecule has 0 aliphatic rings. The van der Waals surface area contributed by atoms with E-state index in [-0.39, 0.29) is 17.2 Å². The van der Waals surface area contributed by atoms with Gasteiger partial charge in [-0.15, -0.1) is 0 Å². The van der Waals surface area contributed by atoms with Gasteiger partial charge in [0.15, 0.2) is 0 Å². The van der Waals surface area contributed by atoms with Gasteiger partial charge in [0.1, 0.15) is 5.75 Å². The van der Waals surface area contributed by atoms with Crippen LogP contribution >= 0.6 is 0 Å². The van der Waals surface area contributed by atoms with Crippen molar-refractivity contribution < 1.29 is 9.90 Å². The number of anilines is 1. The van der Waals surface area contributed by atoms with Gasteiger partial charge in [0.2, 0.25) is 0 Å². The second-order valence-electron chi connectivity index (χ2n) is 3.93. The first-order valence-corrected chi connectivity index (χ1v) is 5.46. The Morgan fingerprint density at radius 2 is 2.06 bits per heavy atom. The van der Waals surface area contributed by atoms with Crippen LogP contribution in [0.25, 0.3) is 0 Å². The van der Waals surface area contributed by atoms with E-state index in [0.717, 1.165) is 11.4 Å². The summed E-state index contributed by atoms with van der Waals surface area (Å²) >= 11 is 0. The lowest BCUT2D eigenvalue weighted by atomic mass is 10.2. The third-order valence-corrected chi connectivity index (χ3v) is 2.52. The number of carbonyl (C=O) groups excluding carboxylic acids is 1. The molecule has 0 radical (unpaired) electrons. The summed E-state index contributed by atoms with van der Waals surface area (Å²) in [7, 11) is 0. The Morgan fingerprint density at radius 1 is 1.28 bits per heavy atom. The van der Waals surface area contributed by atoms with Crippen molar-refractivity contribution in [1.82, 2.24) is 9.97 Å². The molecule has 0 aliphatic heterocycles. The summed E-state index contributed by atoms with van der Waals surface area (Å²) in [5, 5.41) is 12.2. The molecule has 1 amide bonds. The Kier molecular flexibility index (Phi) is 3.23. The van der Waals surface area contributed by atoms with Crippen molar-refractivity contribution in [3.8, 4) is 5.75 Å². The van der Waals surface area contributed by atoms with Crippen molar-refractivity contribution >= 4 is 11.6 Å². The van der Waals surface area contributed by atoms with Gasteiger partial charge in [0, 0.05) is 11.9 Å². The normalized spacial score (nSPS) is 10.1. The molecule has 92 valence electrons. The van der Waals surface area contributed by atoms with Crippen LogP contribution in [-0.4, -0.2) is 21.0 Å². The van der Waals surface area contributed by atoms with E-state index in [4.69, 9.17) is 0 Å². The number of aromatic nitrogens is 2. The highest BCUT2D eigenvalue weighted by Crippen LogP contribution is 2.18. The third-order valence-electron chi connectivity index (χ3n) is 2.52. The Hall–Kier alpha value is -2.43. The smallest absolute Gasteiger partial charge is 0.259 e. The number of nitrogens with zero attached hydrogens (tertiary/aromatic N) is 2. The summed E-state index contributed by atoms with van der Waals surface area (Å²) in [6.07, 6.45) is 2.68. The van der Waals surface area contributed by atoms with Gasteiger partial charge in [0.25, 0.3) is 5.91 Å². The number of aryl methyl sites for hydroxylation is 2. The molecule has 5 heteroatoms. The number of hydrogen-bond acceptors (Lipinski definition) is 4. The van der Waals surface area contributed by atoms with E-state index in [0.29, 0.717) is 5.69 Å². The van der Waals surface area contributed by atoms with Crippen LogP contribution in [0.5, 0.6) is 5.75 Å². The van der Waals surface area contributed by atoms with Crippen LogP contribution in [-0.2, 0) is 0 Å². The fraction of sp³-hybridized carbons (Fsp3) is 0.154. The highest BCUT2D eigenvalue weighted by atomic mass is 16.3. The number of rotatable bonds is 2. The Labute approximate surface area is 105 Å². The molecule has 0 bridgehead atoms. The van der Waals surface area contributed by atoms with Crippen molar-refractivity contribution in [2.75, 3.05) is 5.32 Å². The molecule has 5 nitrogen and oxygen atoms in total. The van der Waals surface area contributed by atoms with E-state index in [1.807, 2.05) is 19.9 Å². The molecule has 0 saturated heterocycles. The van der Waals surface area contributed by atoms with Gasteiger partial charge in [-0.2, -0.15) is 0 Å². The maximum absolute atomic E-state index is 11.9. The zero-order chi connectivity index (χ0) is 13.1. The minimum absolute atomic E-state index is 0.146. The number of nitrogens with one attached hydrogen (secondary N) is 1. The predicted molar refractivity (Wildman–Crippen MR) is 67.6 cm³/mol. The minimum Gasteiger partial charge on any atom is -0.505 e. The van der Waals surface area contributed by atoms with E-state index in [9.17, 15) is 9.90 Å². The van der Waals surface area contributed by atoms with Crippen molar-refractivity contribution in [1.29, 1.82) is 0 Å². The van der Waals surface area contributed by atoms with Crippen LogP contribution in [0.15, 0.2) is 30.6 Å². The molecule has 0 spiro atoms. The predicted octanol–water partition coefficient (Wildman–Crippen LogP) is 2.05. The van der Waals surface area contributed by atoms with E-state index in [1.54, 1.807) is 6.07 Å². The minimum atomic E-state index is -0.386. The topological polar surface area (TPSA) is 75.1 Å². The van der Waals surface area contributed by atoms with Gasteiger partial charge in [-0.05, 0) is 32.0 Å². The largest absolute Gasteiger partial charge is 0.505 e. The molecule has 0 unspecified atom stereocenters. The highest BCUT2D eigenvalue weighted by molar-refractivity contribution is 6.06. The van der Waals surface area contributed by atoms with Crippen LogP contribution in [0.1, 0.15) is 21.7 Å². The van der Waals surface area contributed by atoms with Crippen molar-refractivity contribution in [2.24, 2.45) is 0 Å². The van der Waals surface area contributed by atoms with E-state index in [1.165, 1.54) is 18.5 Å². The molecule has 2 aromatic heterocycles. The molecule has 0 aliphatic carbocycles. The fourth-order valence-electron chi connectivity index (χ4n) is 1.59. The lowest BCUT2D eigenvalue weighted by Gasteiger charge is -2.09. The second-order valence-corrected chi connectivity index (χ2v) is 3.93. The van der Waals surface area contributed by atoms with Crippen molar-refractivity contribution in [3.63, 3.8) is 0 Å². The second kappa shape index (κ2) is 4.83. The summed E-state index contributed by atoms with van der Waals surface area (Å²) < 4.78 is 0. The molecule has 0 saturated carbocycles. The van der Waals surface area contributed by atoms with Gasteiger partial charge >= 0.3 is 0 Å². The lowest BCUT2D eigenvalue weighted by Crippen LogP contribution is -2.13. The first-order chi connectivity index (χ1) is 8.58. The van der Waals surface area contributed by atoms with Crippen LogP contribution in [0.4, 0.5) is 5.69 Å². The van der Waals surface area contributed by atoms with Crippen LogP contribution < -0.4 is 5.32 Å². The summed E-state index contributed by atoms with van der Waals surface area (Å²) in [5.74, 6) is -0.531. The van der Waals surface area contributed by atoms with Gasteiger partial charge in [-0.3, -0.25) is 14.8 Å². The SMILES string of the molecule is Cc1ccc(NC(=O)c2ccncc2O)c(C)n1. The zero-order valence-electron chi connectivity index (χ0n) is 10.1. The summed E-state index contributed by atoms with van der Waals surface area (Å²) in [6.45, 7) is 3.70. The molecular weight excluding hydrogens is 230 g/mol. The third kappa shape index (κ3) is 2.45. The van der Waals surface area contributed by atoms with Crippen LogP contribution in [0.2, 0.25) is 0 Å². The van der Waals surface area contributed by atoms with Gasteiger partial charge < -0.3 is 10.4 Å². The van der Waals surface area contributed by atoms with E-state index in [2.05, 4.69) is 15.3 Å². The van der Waals surface area contributed by atoms with E-state index < -0.39 is 0 Å². The van der Waals surface area contributed by atoms with Crippen LogP contribution in [0.3, 0.4) is 0 Å². The molecule has 0 aromatic carbocycles. The van der Waals surface area contributed by atoms with Crippen molar-refractivity contribution in [3.05, 3.63) is 47.5 Å². The Morgan fingerprint density at radius 3 is 2.72 bits per heavy atom. The summed E-state index contributed by atoms with van der Waals surface area (Å²) in [4.78, 5) is 19.9. The van der Waals surface area contributed by atoms with E-state index >= 15 is 0 Å². The molecule has 0 fully saturated rings. The first kappa shape index (κ1) is 12.0. The summed E-state index contributed by atoms with van der Waals surface area (Å²) in [6, 6.07) is 5.06. The van der Waals surface area contributed by atoms with Gasteiger partial charge in [-0.25, -0.2) is 0 Å². The van der Waals surface area contributed by atoms with Crippen molar-refractivity contribution in [2.45, 2.75) is 13.8 Å². The standard InChI is InChI=1S/C13H13N3O2/c1-8-3-4-11(9(2)15-8)16-13(18)10-5-6-14-7-12(10)17/h3-7,17H,1-2H3,(H,16,18). The number of hydrogen-bond donors (Lipinski definition) is 2. The van der Waals surface area contributed by atoms with Gasteiger partial charge in [-0.1, -0.05) is 0 Å². The first-order valence-electron chi connectivity index (χ1n) is 5.46. The average molecular weight is 243 g/mol.